The minimum absolute atomic E-state index is 0. The van der Waals surface area contributed by atoms with Crippen LogP contribution in [0.25, 0.3) is 11.1 Å². The average Bonchev–Trinajstić information content (AvgIpc) is 2.61. The lowest BCUT2D eigenvalue weighted by atomic mass is 10.0. The first-order valence-corrected chi connectivity index (χ1v) is 9.79. The summed E-state index contributed by atoms with van der Waals surface area (Å²) in [6.45, 7) is 2.69. The lowest BCUT2D eigenvalue weighted by Crippen LogP contribution is -3.00. The molecular formula is C22H33Cl2N3O4. The maximum atomic E-state index is 11.6. The van der Waals surface area contributed by atoms with Crippen LogP contribution in [-0.2, 0) is 13.1 Å². The molecule has 2 rings (SSSR count). The van der Waals surface area contributed by atoms with Crippen LogP contribution in [0.5, 0.6) is 0 Å². The van der Waals surface area contributed by atoms with E-state index in [1.807, 2.05) is 50.5 Å². The zero-order valence-corrected chi connectivity index (χ0v) is 20.1. The molecule has 0 bridgehead atoms. The SMILES string of the molecule is C[N+](C)(CCO)Cc1ccc(-c2ccc(C[N+](C)(C)CCO)c([N+](=O)[O-])c2)cc1.[Cl-].[Cl-]. The summed E-state index contributed by atoms with van der Waals surface area (Å²) in [5.74, 6) is 0. The lowest BCUT2D eigenvalue weighted by Gasteiger charge is -2.29. The topological polar surface area (TPSA) is 83.6 Å². The third-order valence-corrected chi connectivity index (χ3v) is 5.19. The molecule has 2 aromatic carbocycles. The van der Waals surface area contributed by atoms with Crippen molar-refractivity contribution in [3.05, 3.63) is 63.7 Å². The maximum Gasteiger partial charge on any atom is 0.278 e. The molecule has 174 valence electrons. The molecule has 0 saturated carbocycles. The van der Waals surface area contributed by atoms with Crippen LogP contribution in [0.2, 0.25) is 0 Å². The molecule has 0 heterocycles. The molecule has 0 saturated heterocycles. The van der Waals surface area contributed by atoms with E-state index in [1.54, 1.807) is 6.07 Å². The summed E-state index contributed by atoms with van der Waals surface area (Å²) in [4.78, 5) is 11.3. The van der Waals surface area contributed by atoms with E-state index in [0.717, 1.165) is 23.2 Å². The molecule has 0 amide bonds. The largest absolute Gasteiger partial charge is 1.00 e. The van der Waals surface area contributed by atoms with Crippen LogP contribution < -0.4 is 24.8 Å². The molecule has 2 N–H and O–H groups in total. The highest BCUT2D eigenvalue weighted by molar-refractivity contribution is 5.67. The number of likely N-dealkylation sites (N-methyl/N-ethyl adjacent to an activating group) is 2. The van der Waals surface area contributed by atoms with Crippen LogP contribution in [0, 0.1) is 10.1 Å². The highest BCUT2D eigenvalue weighted by Crippen LogP contribution is 2.29. The number of nitrogens with zero attached hydrogens (tertiary/aromatic N) is 3. The summed E-state index contributed by atoms with van der Waals surface area (Å²) in [6.07, 6.45) is 0. The predicted molar refractivity (Wildman–Crippen MR) is 114 cm³/mol. The van der Waals surface area contributed by atoms with Gasteiger partial charge in [-0.15, -0.1) is 0 Å². The Morgan fingerprint density at radius 2 is 1.29 bits per heavy atom. The second-order valence-corrected chi connectivity index (χ2v) is 8.88. The summed E-state index contributed by atoms with van der Waals surface area (Å²) in [5, 5.41) is 30.0. The molecule has 0 spiro atoms. The third kappa shape index (κ3) is 8.73. The Bertz CT molecular complexity index is 843. The number of aliphatic hydroxyl groups is 2. The van der Waals surface area contributed by atoms with E-state index in [9.17, 15) is 20.3 Å². The number of quaternary nitrogens is 2. The van der Waals surface area contributed by atoms with E-state index in [2.05, 4.69) is 14.1 Å². The van der Waals surface area contributed by atoms with E-state index in [1.165, 1.54) is 0 Å². The molecule has 0 fully saturated rings. The van der Waals surface area contributed by atoms with Gasteiger partial charge in [0.2, 0.25) is 0 Å². The first kappa shape index (κ1) is 29.3. The first-order chi connectivity index (χ1) is 13.6. The van der Waals surface area contributed by atoms with Gasteiger partial charge in [0.05, 0.1) is 51.9 Å². The summed E-state index contributed by atoms with van der Waals surface area (Å²) in [7, 11) is 8.04. The second kappa shape index (κ2) is 12.3. The van der Waals surface area contributed by atoms with Crippen molar-refractivity contribution >= 4 is 5.69 Å². The standard InChI is InChI=1S/C22H33N3O4.2ClH/c1-24(2,11-13-26)16-18-5-7-19(8-6-18)20-9-10-21(22(15-20)23(28)29)17-25(3,4)12-14-27;;/h5-10,15,26-27H,11-14,16-17H2,1-4H3;2*1H/q+2;;/p-2. The van der Waals surface area contributed by atoms with Crippen molar-refractivity contribution in [2.75, 3.05) is 54.5 Å². The van der Waals surface area contributed by atoms with Crippen molar-refractivity contribution in [2.24, 2.45) is 0 Å². The summed E-state index contributed by atoms with van der Waals surface area (Å²) in [5.41, 5.74) is 3.67. The van der Waals surface area contributed by atoms with Crippen LogP contribution >= 0.6 is 0 Å². The number of rotatable bonds is 10. The van der Waals surface area contributed by atoms with E-state index in [-0.39, 0.29) is 48.6 Å². The van der Waals surface area contributed by atoms with E-state index in [4.69, 9.17) is 0 Å². The summed E-state index contributed by atoms with van der Waals surface area (Å²) in [6, 6.07) is 13.4. The van der Waals surface area contributed by atoms with Crippen LogP contribution in [0.1, 0.15) is 11.1 Å². The first-order valence-electron chi connectivity index (χ1n) is 9.79. The fraction of sp³-hybridized carbons (Fsp3) is 0.455. The number of nitro benzene ring substituents is 1. The molecule has 0 unspecified atom stereocenters. The summed E-state index contributed by atoms with van der Waals surface area (Å²) < 4.78 is 1.17. The van der Waals surface area contributed by atoms with Gasteiger partial charge in [-0.05, 0) is 17.2 Å². The molecule has 0 aliphatic heterocycles. The molecular weight excluding hydrogens is 441 g/mol. The van der Waals surface area contributed by atoms with Gasteiger partial charge in [0.15, 0.2) is 0 Å². The van der Waals surface area contributed by atoms with Crippen molar-refractivity contribution in [2.45, 2.75) is 13.1 Å². The molecule has 0 aliphatic carbocycles. The molecule has 2 aromatic rings. The van der Waals surface area contributed by atoms with Crippen molar-refractivity contribution in [1.82, 2.24) is 0 Å². The van der Waals surface area contributed by atoms with Gasteiger partial charge >= 0.3 is 0 Å². The van der Waals surface area contributed by atoms with Gasteiger partial charge in [-0.1, -0.05) is 30.3 Å². The van der Waals surface area contributed by atoms with E-state index < -0.39 is 0 Å². The van der Waals surface area contributed by atoms with Crippen LogP contribution in [-0.4, -0.2) is 78.6 Å². The number of nitro groups is 1. The molecule has 31 heavy (non-hydrogen) atoms. The molecule has 0 atom stereocenters. The Balaban J connectivity index is 0.00000450. The van der Waals surface area contributed by atoms with Crippen molar-refractivity contribution in [3.63, 3.8) is 0 Å². The van der Waals surface area contributed by atoms with Crippen LogP contribution in [0.4, 0.5) is 5.69 Å². The average molecular weight is 474 g/mol. The molecule has 0 aromatic heterocycles. The second-order valence-electron chi connectivity index (χ2n) is 8.88. The van der Waals surface area contributed by atoms with Gasteiger partial charge in [0.25, 0.3) is 5.69 Å². The summed E-state index contributed by atoms with van der Waals surface area (Å²) >= 11 is 0. The zero-order chi connectivity index (χ0) is 21.7. The van der Waals surface area contributed by atoms with Crippen LogP contribution in [0.15, 0.2) is 42.5 Å². The third-order valence-electron chi connectivity index (χ3n) is 5.19. The van der Waals surface area contributed by atoms with Gasteiger partial charge < -0.3 is 44.0 Å². The fourth-order valence-electron chi connectivity index (χ4n) is 3.50. The quantitative estimate of drug-likeness (QED) is 0.212. The van der Waals surface area contributed by atoms with Gasteiger partial charge in [-0.2, -0.15) is 0 Å². The Morgan fingerprint density at radius 1 is 0.806 bits per heavy atom. The van der Waals surface area contributed by atoms with Crippen molar-refractivity contribution in [1.29, 1.82) is 0 Å². The normalized spacial score (nSPS) is 11.4. The number of hydrogen-bond donors (Lipinski definition) is 2. The minimum Gasteiger partial charge on any atom is -1.00 e. The molecule has 0 radical (unpaired) electrons. The molecule has 0 aliphatic rings. The minimum atomic E-state index is -0.332. The molecule has 7 nitrogen and oxygen atoms in total. The number of benzene rings is 2. The Morgan fingerprint density at radius 3 is 1.77 bits per heavy atom. The van der Waals surface area contributed by atoms with Crippen molar-refractivity contribution in [3.8, 4) is 11.1 Å². The van der Waals surface area contributed by atoms with Gasteiger partial charge in [-0.3, -0.25) is 10.1 Å². The smallest absolute Gasteiger partial charge is 0.278 e. The monoisotopic (exact) mass is 473 g/mol. The number of aliphatic hydroxyl groups excluding tert-OH is 2. The van der Waals surface area contributed by atoms with E-state index >= 15 is 0 Å². The Hall–Kier alpha value is -1.74. The Labute approximate surface area is 197 Å². The lowest BCUT2D eigenvalue weighted by molar-refractivity contribution is -0.904. The van der Waals surface area contributed by atoms with Gasteiger partial charge in [0.1, 0.15) is 26.2 Å². The highest BCUT2D eigenvalue weighted by atomic mass is 35.5. The number of hydrogen-bond acceptors (Lipinski definition) is 4. The fourth-order valence-corrected chi connectivity index (χ4v) is 3.50. The number of halogens is 2. The van der Waals surface area contributed by atoms with Crippen molar-refractivity contribution < 1.29 is 48.9 Å². The zero-order valence-electron chi connectivity index (χ0n) is 18.6. The van der Waals surface area contributed by atoms with Crippen LogP contribution in [0.3, 0.4) is 0 Å². The Kier molecular flexibility index (Phi) is 11.6. The highest BCUT2D eigenvalue weighted by Gasteiger charge is 2.23. The maximum absolute atomic E-state index is 11.6. The van der Waals surface area contributed by atoms with Gasteiger partial charge in [0, 0.05) is 11.6 Å². The molecule has 9 heteroatoms. The predicted octanol–water partition coefficient (Wildman–Crippen LogP) is -3.59. The van der Waals surface area contributed by atoms with Gasteiger partial charge in [-0.25, -0.2) is 0 Å². The van der Waals surface area contributed by atoms with E-state index in [0.29, 0.717) is 34.2 Å².